The van der Waals surface area contributed by atoms with Gasteiger partial charge in [-0.3, -0.25) is 4.39 Å². The van der Waals surface area contributed by atoms with Crippen molar-refractivity contribution in [1.82, 2.24) is 4.98 Å². The van der Waals surface area contributed by atoms with Crippen LogP contribution in [0, 0.1) is 0 Å². The molecule has 1 aliphatic carbocycles. The average Bonchev–Trinajstić information content (AvgIpc) is 2.75. The Morgan fingerprint density at radius 2 is 2.10 bits per heavy atom. The van der Waals surface area contributed by atoms with E-state index in [4.69, 9.17) is 0 Å². The number of hydrogen-bond donors (Lipinski definition) is 1. The molecule has 1 N–H and O–H groups in total. The van der Waals surface area contributed by atoms with Crippen molar-refractivity contribution in [1.29, 1.82) is 0 Å². The Balaban J connectivity index is 0.000000704. The number of thiazole rings is 1. The maximum absolute atomic E-state index is 9.50. The van der Waals surface area contributed by atoms with Crippen molar-refractivity contribution < 1.29 is 9.50 Å². The van der Waals surface area contributed by atoms with Gasteiger partial charge in [0.2, 0.25) is 0 Å². The van der Waals surface area contributed by atoms with Gasteiger partial charge < -0.3 is 5.11 Å². The van der Waals surface area contributed by atoms with Gasteiger partial charge >= 0.3 is 0 Å². The molecule has 5 heteroatoms. The second-order valence-corrected chi connectivity index (χ2v) is 5.97. The van der Waals surface area contributed by atoms with Crippen LogP contribution in [-0.2, 0) is 0 Å². The Hall–Kier alpha value is -1.46. The van der Waals surface area contributed by atoms with E-state index in [2.05, 4.69) is 27.0 Å². The monoisotopic (exact) mass is 353 g/mol. The summed E-state index contributed by atoms with van der Waals surface area (Å²) in [4.78, 5) is 4.63. The van der Waals surface area contributed by atoms with Gasteiger partial charge in [-0.25, -0.2) is 4.98 Å². The van der Waals surface area contributed by atoms with Gasteiger partial charge in [0.1, 0.15) is 10.8 Å². The number of allylic oxidation sites excluding steroid dienone is 5. The largest absolute Gasteiger partial charge is 0.508 e. The Labute approximate surface area is 129 Å². The molecule has 1 aromatic carbocycles. The predicted octanol–water partition coefficient (Wildman–Crippen LogP) is 5.43. The second kappa shape index (κ2) is 6.81. The van der Waals surface area contributed by atoms with Crippen LogP contribution >= 0.6 is 27.3 Å². The quantitative estimate of drug-likeness (QED) is 0.741. The van der Waals surface area contributed by atoms with Gasteiger partial charge in [-0.15, -0.1) is 11.3 Å². The van der Waals surface area contributed by atoms with Gasteiger partial charge in [0.25, 0.3) is 0 Å². The molecule has 20 heavy (non-hydrogen) atoms. The number of alkyl halides is 1. The van der Waals surface area contributed by atoms with Crippen molar-refractivity contribution in [3.8, 4) is 0 Å². The highest BCUT2D eigenvalue weighted by Crippen LogP contribution is 2.31. The fourth-order valence-electron chi connectivity index (χ4n) is 1.81. The van der Waals surface area contributed by atoms with E-state index in [0.29, 0.717) is 7.18 Å². The van der Waals surface area contributed by atoms with Crippen LogP contribution in [0.1, 0.15) is 11.4 Å². The molecule has 1 aromatic heterocycles. The van der Waals surface area contributed by atoms with Crippen molar-refractivity contribution >= 4 is 43.1 Å². The van der Waals surface area contributed by atoms with E-state index >= 15 is 0 Å². The zero-order valence-electron chi connectivity index (χ0n) is 10.8. The molecule has 0 unspecified atom stereocenters. The van der Waals surface area contributed by atoms with E-state index < -0.39 is 0 Å². The van der Waals surface area contributed by atoms with Gasteiger partial charge in [0.15, 0.2) is 0 Å². The molecule has 0 bridgehead atoms. The summed E-state index contributed by atoms with van der Waals surface area (Å²) in [6.45, 7) is 0. The molecule has 0 saturated heterocycles. The van der Waals surface area contributed by atoms with E-state index in [1.165, 1.54) is 4.70 Å². The minimum atomic E-state index is 0.286. The molecule has 0 radical (unpaired) electrons. The topological polar surface area (TPSA) is 33.1 Å². The van der Waals surface area contributed by atoms with Crippen molar-refractivity contribution in [2.75, 3.05) is 7.18 Å². The van der Waals surface area contributed by atoms with E-state index in [1.807, 2.05) is 24.3 Å². The third kappa shape index (κ3) is 3.35. The van der Waals surface area contributed by atoms with Crippen LogP contribution in [0.15, 0.2) is 52.7 Å². The average molecular weight is 354 g/mol. The van der Waals surface area contributed by atoms with Gasteiger partial charge in [0.05, 0.1) is 17.4 Å². The standard InChI is InChI=1S/C14H10BrNOS.CH3F/c15-10-5-7-12-13(8-10)18-14(16-12)9-2-1-3-11(17)6-4-9;1-2/h1,3-8,17H,2H2;1H3. The number of aromatic nitrogens is 1. The molecule has 3 rings (SSSR count). The minimum absolute atomic E-state index is 0.286. The number of benzene rings is 1. The Kier molecular flexibility index (Phi) is 5.09. The first kappa shape index (κ1) is 14.9. The molecule has 0 saturated carbocycles. The summed E-state index contributed by atoms with van der Waals surface area (Å²) in [5.41, 5.74) is 2.15. The molecule has 104 valence electrons. The molecular formula is C15H13BrFNOS. The van der Waals surface area contributed by atoms with Crippen LogP contribution in [0.3, 0.4) is 0 Å². The highest BCUT2D eigenvalue weighted by Gasteiger charge is 2.09. The number of rotatable bonds is 1. The lowest BCUT2D eigenvalue weighted by Crippen LogP contribution is -1.80. The third-order valence-corrected chi connectivity index (χ3v) is 4.29. The molecule has 0 spiro atoms. The van der Waals surface area contributed by atoms with Crippen LogP contribution in [0.4, 0.5) is 4.39 Å². The molecular weight excluding hydrogens is 341 g/mol. The van der Waals surface area contributed by atoms with Crippen molar-refractivity contribution in [2.24, 2.45) is 0 Å². The maximum Gasteiger partial charge on any atom is 0.120 e. The minimum Gasteiger partial charge on any atom is -0.508 e. The highest BCUT2D eigenvalue weighted by molar-refractivity contribution is 9.10. The molecule has 0 amide bonds. The molecule has 0 fully saturated rings. The predicted molar refractivity (Wildman–Crippen MR) is 86.8 cm³/mol. The number of hydrogen-bond acceptors (Lipinski definition) is 3. The highest BCUT2D eigenvalue weighted by atomic mass is 79.9. The molecule has 2 aromatic rings. The van der Waals surface area contributed by atoms with Crippen molar-refractivity contribution in [3.05, 3.63) is 57.7 Å². The summed E-state index contributed by atoms with van der Waals surface area (Å²) >= 11 is 5.14. The molecule has 2 nitrogen and oxygen atoms in total. The number of aliphatic hydroxyl groups excluding tert-OH is 1. The molecule has 1 heterocycles. The normalized spacial score (nSPS) is 14.2. The zero-order chi connectivity index (χ0) is 14.5. The Morgan fingerprint density at radius 1 is 1.30 bits per heavy atom. The van der Waals surface area contributed by atoms with Gasteiger partial charge in [0, 0.05) is 4.47 Å². The number of nitrogens with zero attached hydrogens (tertiary/aromatic N) is 1. The fourth-order valence-corrected chi connectivity index (χ4v) is 3.36. The molecule has 1 aliphatic rings. The lowest BCUT2D eigenvalue weighted by molar-refractivity contribution is 0.432. The van der Waals surface area contributed by atoms with Gasteiger partial charge in [-0.05, 0) is 42.3 Å². The first-order valence-electron chi connectivity index (χ1n) is 5.93. The van der Waals surface area contributed by atoms with E-state index in [9.17, 15) is 9.50 Å². The molecule has 0 aliphatic heterocycles. The van der Waals surface area contributed by atoms with Crippen molar-refractivity contribution in [3.63, 3.8) is 0 Å². The van der Waals surface area contributed by atoms with Crippen LogP contribution in [-0.4, -0.2) is 17.3 Å². The number of halogens is 2. The van der Waals surface area contributed by atoms with E-state index in [1.54, 1.807) is 23.5 Å². The summed E-state index contributed by atoms with van der Waals surface area (Å²) in [5, 5.41) is 10.4. The van der Waals surface area contributed by atoms with Crippen LogP contribution < -0.4 is 0 Å². The second-order valence-electron chi connectivity index (χ2n) is 4.02. The summed E-state index contributed by atoms with van der Waals surface area (Å²) in [6, 6.07) is 6.09. The van der Waals surface area contributed by atoms with Crippen molar-refractivity contribution in [2.45, 2.75) is 6.42 Å². The Bertz CT molecular complexity index is 703. The van der Waals surface area contributed by atoms with Crippen LogP contribution in [0.25, 0.3) is 15.8 Å². The summed E-state index contributed by atoms with van der Waals surface area (Å²) in [5.74, 6) is 0.286. The van der Waals surface area contributed by atoms with E-state index in [0.717, 1.165) is 27.0 Å². The SMILES string of the molecule is CF.OC1=CC=C(c2nc3ccc(Br)cc3s2)CC=C1. The fraction of sp³-hybridized carbons (Fsp3) is 0.133. The third-order valence-electron chi connectivity index (χ3n) is 2.71. The van der Waals surface area contributed by atoms with Gasteiger partial charge in [-0.2, -0.15) is 0 Å². The zero-order valence-corrected chi connectivity index (χ0v) is 13.2. The summed E-state index contributed by atoms with van der Waals surface area (Å²) in [6.07, 6.45) is 8.10. The first-order valence-corrected chi connectivity index (χ1v) is 7.54. The maximum atomic E-state index is 9.50. The summed E-state index contributed by atoms with van der Waals surface area (Å²) < 4.78 is 11.7. The van der Waals surface area contributed by atoms with E-state index in [-0.39, 0.29) is 5.76 Å². The molecule has 0 atom stereocenters. The number of fused-ring (bicyclic) bond motifs is 1. The van der Waals surface area contributed by atoms with Gasteiger partial charge in [-0.1, -0.05) is 28.1 Å². The summed E-state index contributed by atoms with van der Waals surface area (Å²) in [7, 11) is 0.500. The van der Waals surface area contributed by atoms with Crippen LogP contribution in [0.2, 0.25) is 0 Å². The number of aliphatic hydroxyl groups is 1. The first-order chi connectivity index (χ1) is 9.72. The lowest BCUT2D eigenvalue weighted by atomic mass is 10.2. The lowest BCUT2D eigenvalue weighted by Gasteiger charge is -1.96. The Morgan fingerprint density at radius 3 is 2.90 bits per heavy atom. The smallest absolute Gasteiger partial charge is 0.120 e. The van der Waals surface area contributed by atoms with Crippen LogP contribution in [0.5, 0.6) is 0 Å².